The van der Waals surface area contributed by atoms with E-state index < -0.39 is 5.54 Å². The Morgan fingerprint density at radius 2 is 2.33 bits per heavy atom. The standard InChI is InChI=1S/C17H24N2OS/c1-3-11-21-15-9-5-4-8-14(15)19-16(20)17(18)10-6-7-13(2)12-17/h3-5,8-9,13H,1,6-7,10-12,18H2,2H3,(H,19,20). The molecule has 1 aromatic carbocycles. The molecule has 0 radical (unpaired) electrons. The highest BCUT2D eigenvalue weighted by Gasteiger charge is 2.38. The fourth-order valence-electron chi connectivity index (χ4n) is 2.89. The maximum Gasteiger partial charge on any atom is 0.244 e. The summed E-state index contributed by atoms with van der Waals surface area (Å²) in [6.07, 6.45) is 5.58. The number of hydrogen-bond acceptors (Lipinski definition) is 3. The maximum absolute atomic E-state index is 12.6. The zero-order chi connectivity index (χ0) is 15.3. The number of hydrogen-bond donors (Lipinski definition) is 2. The molecule has 1 aliphatic carbocycles. The van der Waals surface area contributed by atoms with Crippen LogP contribution in [0.5, 0.6) is 0 Å². The van der Waals surface area contributed by atoms with E-state index in [0.29, 0.717) is 5.92 Å². The number of carbonyl (C=O) groups is 1. The normalized spacial score (nSPS) is 25.3. The van der Waals surface area contributed by atoms with E-state index in [0.717, 1.165) is 42.0 Å². The van der Waals surface area contributed by atoms with Crippen molar-refractivity contribution in [1.82, 2.24) is 0 Å². The Bertz CT molecular complexity index is 517. The Morgan fingerprint density at radius 1 is 1.57 bits per heavy atom. The van der Waals surface area contributed by atoms with Gasteiger partial charge in [-0.25, -0.2) is 0 Å². The van der Waals surface area contributed by atoms with Gasteiger partial charge in [0.25, 0.3) is 0 Å². The molecule has 2 unspecified atom stereocenters. The first kappa shape index (κ1) is 16.1. The van der Waals surface area contributed by atoms with E-state index in [2.05, 4.69) is 18.8 Å². The minimum atomic E-state index is -0.728. The summed E-state index contributed by atoms with van der Waals surface area (Å²) in [5.41, 5.74) is 6.47. The van der Waals surface area contributed by atoms with Crippen LogP contribution in [0.3, 0.4) is 0 Å². The highest BCUT2D eigenvalue weighted by molar-refractivity contribution is 7.99. The molecule has 2 atom stereocenters. The van der Waals surface area contributed by atoms with E-state index in [1.54, 1.807) is 11.8 Å². The van der Waals surface area contributed by atoms with Gasteiger partial charge in [0, 0.05) is 10.6 Å². The molecule has 1 aliphatic rings. The zero-order valence-corrected chi connectivity index (χ0v) is 13.4. The summed E-state index contributed by atoms with van der Waals surface area (Å²) in [6.45, 7) is 5.90. The van der Waals surface area contributed by atoms with E-state index in [4.69, 9.17) is 5.73 Å². The first-order valence-electron chi connectivity index (χ1n) is 7.48. The molecule has 0 aliphatic heterocycles. The average molecular weight is 304 g/mol. The van der Waals surface area contributed by atoms with Gasteiger partial charge in [0.2, 0.25) is 5.91 Å². The van der Waals surface area contributed by atoms with Crippen molar-refractivity contribution >= 4 is 23.4 Å². The van der Waals surface area contributed by atoms with Crippen molar-refractivity contribution in [2.24, 2.45) is 11.7 Å². The van der Waals surface area contributed by atoms with Gasteiger partial charge in [-0.3, -0.25) is 4.79 Å². The first-order chi connectivity index (χ1) is 10.0. The molecular weight excluding hydrogens is 280 g/mol. The van der Waals surface area contributed by atoms with Gasteiger partial charge in [-0.15, -0.1) is 18.3 Å². The predicted octanol–water partition coefficient (Wildman–Crippen LogP) is 3.81. The summed E-state index contributed by atoms with van der Waals surface area (Å²) < 4.78 is 0. The molecule has 1 saturated carbocycles. The lowest BCUT2D eigenvalue weighted by molar-refractivity contribution is -0.122. The number of nitrogens with two attached hydrogens (primary N) is 1. The third kappa shape index (κ3) is 4.11. The van der Waals surface area contributed by atoms with Crippen LogP contribution in [0.15, 0.2) is 41.8 Å². The first-order valence-corrected chi connectivity index (χ1v) is 8.47. The number of carbonyl (C=O) groups excluding carboxylic acids is 1. The topological polar surface area (TPSA) is 55.1 Å². The summed E-state index contributed by atoms with van der Waals surface area (Å²) in [4.78, 5) is 13.6. The van der Waals surface area contributed by atoms with Crippen molar-refractivity contribution in [3.8, 4) is 0 Å². The Kier molecular flexibility index (Phi) is 5.48. The fourth-order valence-corrected chi connectivity index (χ4v) is 3.64. The van der Waals surface area contributed by atoms with Crippen molar-refractivity contribution in [2.75, 3.05) is 11.1 Å². The van der Waals surface area contributed by atoms with Crippen LogP contribution in [0.4, 0.5) is 5.69 Å². The number of para-hydroxylation sites is 1. The molecule has 1 amide bonds. The highest BCUT2D eigenvalue weighted by atomic mass is 32.2. The molecule has 0 spiro atoms. The summed E-state index contributed by atoms with van der Waals surface area (Å²) in [5, 5.41) is 3.03. The van der Waals surface area contributed by atoms with E-state index >= 15 is 0 Å². The molecule has 1 aromatic rings. The van der Waals surface area contributed by atoms with Crippen molar-refractivity contribution in [3.05, 3.63) is 36.9 Å². The fraction of sp³-hybridized carbons (Fsp3) is 0.471. The van der Waals surface area contributed by atoms with Gasteiger partial charge in [0.05, 0.1) is 11.2 Å². The number of thioether (sulfide) groups is 1. The minimum Gasteiger partial charge on any atom is -0.323 e. The highest BCUT2D eigenvalue weighted by Crippen LogP contribution is 2.33. The van der Waals surface area contributed by atoms with E-state index in [1.165, 1.54) is 0 Å². The van der Waals surface area contributed by atoms with Crippen LogP contribution in [0.2, 0.25) is 0 Å². The van der Waals surface area contributed by atoms with Crippen LogP contribution < -0.4 is 11.1 Å². The number of amides is 1. The lowest BCUT2D eigenvalue weighted by Gasteiger charge is -2.35. The van der Waals surface area contributed by atoms with Gasteiger partial charge in [0.1, 0.15) is 0 Å². The lowest BCUT2D eigenvalue weighted by atomic mass is 9.76. The van der Waals surface area contributed by atoms with Crippen LogP contribution in [0.1, 0.15) is 32.6 Å². The van der Waals surface area contributed by atoms with Crippen molar-refractivity contribution in [2.45, 2.75) is 43.0 Å². The van der Waals surface area contributed by atoms with Gasteiger partial charge in [0.15, 0.2) is 0 Å². The van der Waals surface area contributed by atoms with Crippen molar-refractivity contribution < 1.29 is 4.79 Å². The molecule has 21 heavy (non-hydrogen) atoms. The average Bonchev–Trinajstić information content (AvgIpc) is 2.46. The van der Waals surface area contributed by atoms with Gasteiger partial charge >= 0.3 is 0 Å². The Balaban J connectivity index is 2.10. The van der Waals surface area contributed by atoms with Gasteiger partial charge in [-0.1, -0.05) is 38.0 Å². The second-order valence-electron chi connectivity index (χ2n) is 5.91. The molecule has 0 bridgehead atoms. The monoisotopic (exact) mass is 304 g/mol. The molecule has 0 aromatic heterocycles. The third-order valence-corrected chi connectivity index (χ3v) is 5.05. The molecular formula is C17H24N2OS. The maximum atomic E-state index is 12.6. The molecule has 0 heterocycles. The van der Waals surface area contributed by atoms with Crippen LogP contribution in [-0.4, -0.2) is 17.2 Å². The second kappa shape index (κ2) is 7.14. The minimum absolute atomic E-state index is 0.0549. The number of nitrogens with one attached hydrogen (secondary N) is 1. The lowest BCUT2D eigenvalue weighted by Crippen LogP contribution is -2.53. The van der Waals surface area contributed by atoms with E-state index in [9.17, 15) is 4.79 Å². The molecule has 2 rings (SSSR count). The van der Waals surface area contributed by atoms with Gasteiger partial charge < -0.3 is 11.1 Å². The summed E-state index contributed by atoms with van der Waals surface area (Å²) in [6, 6.07) is 7.84. The summed E-state index contributed by atoms with van der Waals surface area (Å²) in [7, 11) is 0. The van der Waals surface area contributed by atoms with Crippen LogP contribution in [-0.2, 0) is 4.79 Å². The Morgan fingerprint density at radius 3 is 3.05 bits per heavy atom. The zero-order valence-electron chi connectivity index (χ0n) is 12.6. The third-order valence-electron chi connectivity index (χ3n) is 3.98. The number of anilines is 1. The van der Waals surface area contributed by atoms with Gasteiger partial charge in [-0.05, 0) is 30.9 Å². The molecule has 3 N–H and O–H groups in total. The Labute approximate surface area is 131 Å². The summed E-state index contributed by atoms with van der Waals surface area (Å²) in [5.74, 6) is 1.28. The van der Waals surface area contributed by atoms with Crippen LogP contribution in [0.25, 0.3) is 0 Å². The second-order valence-corrected chi connectivity index (χ2v) is 6.97. The van der Waals surface area contributed by atoms with E-state index in [-0.39, 0.29) is 5.91 Å². The quantitative estimate of drug-likeness (QED) is 0.642. The van der Waals surface area contributed by atoms with Crippen molar-refractivity contribution in [1.29, 1.82) is 0 Å². The van der Waals surface area contributed by atoms with Gasteiger partial charge in [-0.2, -0.15) is 0 Å². The summed E-state index contributed by atoms with van der Waals surface area (Å²) >= 11 is 1.66. The molecule has 4 heteroatoms. The number of benzene rings is 1. The molecule has 1 fully saturated rings. The molecule has 114 valence electrons. The number of rotatable bonds is 5. The Hall–Kier alpha value is -1.26. The smallest absolute Gasteiger partial charge is 0.244 e. The molecule has 0 saturated heterocycles. The predicted molar refractivity (Wildman–Crippen MR) is 90.5 cm³/mol. The SMILES string of the molecule is C=CCSc1ccccc1NC(=O)C1(N)CCCC(C)C1. The van der Waals surface area contributed by atoms with Crippen LogP contribution in [0, 0.1) is 5.92 Å². The van der Waals surface area contributed by atoms with E-state index in [1.807, 2.05) is 30.3 Å². The van der Waals surface area contributed by atoms with Crippen LogP contribution >= 0.6 is 11.8 Å². The van der Waals surface area contributed by atoms with Crippen molar-refractivity contribution in [3.63, 3.8) is 0 Å². The largest absolute Gasteiger partial charge is 0.323 e. The molecule has 3 nitrogen and oxygen atoms in total.